The average Bonchev–Trinajstić information content (AvgIpc) is 2.57. The third kappa shape index (κ3) is 4.95. The number of unbranched alkanes of at least 4 members (excludes halogenated alkanes) is 1. The molecule has 1 aliphatic rings. The Kier molecular flexibility index (Phi) is 6.59. The van der Waals surface area contributed by atoms with Gasteiger partial charge in [0, 0.05) is 6.54 Å². The van der Waals surface area contributed by atoms with Gasteiger partial charge in [0.2, 0.25) is 5.91 Å². The van der Waals surface area contributed by atoms with Gasteiger partial charge in [-0.15, -0.1) is 0 Å². The predicted octanol–water partition coefficient (Wildman–Crippen LogP) is 3.57. The van der Waals surface area contributed by atoms with E-state index in [0.717, 1.165) is 30.4 Å². The summed E-state index contributed by atoms with van der Waals surface area (Å²) in [6, 6.07) is 10.3. The minimum atomic E-state index is -0.869. The van der Waals surface area contributed by atoms with Crippen LogP contribution in [0.15, 0.2) is 41.5 Å². The summed E-state index contributed by atoms with van der Waals surface area (Å²) < 4.78 is 0. The molecule has 0 spiro atoms. The Morgan fingerprint density at radius 1 is 1.04 bits per heavy atom. The molecular weight excluding hydrogens is 302 g/mol. The van der Waals surface area contributed by atoms with Crippen molar-refractivity contribution in [3.63, 3.8) is 0 Å². The molecule has 1 aliphatic carbocycles. The highest BCUT2D eigenvalue weighted by Gasteiger charge is 2.36. The van der Waals surface area contributed by atoms with E-state index in [9.17, 15) is 14.7 Å². The zero-order valence-corrected chi connectivity index (χ0v) is 14.5. The summed E-state index contributed by atoms with van der Waals surface area (Å²) in [7, 11) is 0. The Bertz CT molecular complexity index is 607. The first-order valence-corrected chi connectivity index (χ1v) is 8.68. The lowest BCUT2D eigenvalue weighted by atomic mass is 9.76. The number of carbonyl (C=O) groups is 2. The molecule has 0 heterocycles. The van der Waals surface area contributed by atoms with Crippen molar-refractivity contribution in [2.24, 2.45) is 11.8 Å². The smallest absolute Gasteiger partial charge is 0.307 e. The number of nitrogens with one attached hydrogen (secondary N) is 1. The third-order valence-corrected chi connectivity index (χ3v) is 4.95. The Balaban J connectivity index is 1.78. The van der Waals surface area contributed by atoms with Crippen LogP contribution in [-0.2, 0) is 16.0 Å². The van der Waals surface area contributed by atoms with Crippen LogP contribution in [0, 0.1) is 11.8 Å². The van der Waals surface area contributed by atoms with E-state index in [1.807, 2.05) is 32.0 Å². The minimum absolute atomic E-state index is 0.117. The fourth-order valence-corrected chi connectivity index (χ4v) is 3.27. The molecule has 2 unspecified atom stereocenters. The maximum atomic E-state index is 12.4. The summed E-state index contributed by atoms with van der Waals surface area (Å²) in [4.78, 5) is 23.9. The summed E-state index contributed by atoms with van der Waals surface area (Å²) >= 11 is 0. The number of carboxylic acids is 1. The molecular formula is C20H27NO3. The largest absolute Gasteiger partial charge is 0.481 e. The van der Waals surface area contributed by atoms with Gasteiger partial charge in [-0.3, -0.25) is 9.59 Å². The molecule has 0 saturated heterocycles. The molecule has 0 aliphatic heterocycles. The molecule has 1 aromatic rings. The quantitative estimate of drug-likeness (QED) is 0.593. The molecule has 130 valence electrons. The van der Waals surface area contributed by atoms with Crippen molar-refractivity contribution in [2.45, 2.75) is 46.0 Å². The van der Waals surface area contributed by atoms with Gasteiger partial charge in [0.05, 0.1) is 11.8 Å². The van der Waals surface area contributed by atoms with Gasteiger partial charge in [-0.05, 0) is 51.5 Å². The van der Waals surface area contributed by atoms with Crippen LogP contribution in [0.4, 0.5) is 0 Å². The van der Waals surface area contributed by atoms with E-state index in [1.165, 1.54) is 5.56 Å². The lowest BCUT2D eigenvalue weighted by Crippen LogP contribution is -2.40. The van der Waals surface area contributed by atoms with Crippen LogP contribution in [0.3, 0.4) is 0 Å². The Labute approximate surface area is 144 Å². The van der Waals surface area contributed by atoms with E-state index in [4.69, 9.17) is 0 Å². The molecule has 2 atom stereocenters. The lowest BCUT2D eigenvalue weighted by Gasteiger charge is -2.29. The van der Waals surface area contributed by atoms with Crippen LogP contribution in [-0.4, -0.2) is 23.5 Å². The van der Waals surface area contributed by atoms with Gasteiger partial charge in [-0.2, -0.15) is 0 Å². The Hall–Kier alpha value is -2.10. The number of benzene rings is 1. The van der Waals surface area contributed by atoms with Crippen LogP contribution in [0.1, 0.15) is 45.1 Å². The van der Waals surface area contributed by atoms with Gasteiger partial charge < -0.3 is 10.4 Å². The molecule has 2 N–H and O–H groups in total. The molecule has 1 aromatic carbocycles. The first-order valence-electron chi connectivity index (χ1n) is 8.68. The van der Waals surface area contributed by atoms with E-state index in [-0.39, 0.29) is 5.91 Å². The molecule has 0 saturated carbocycles. The topological polar surface area (TPSA) is 66.4 Å². The number of allylic oxidation sites excluding steroid dienone is 2. The van der Waals surface area contributed by atoms with Gasteiger partial charge in [0.25, 0.3) is 0 Å². The molecule has 4 heteroatoms. The van der Waals surface area contributed by atoms with Crippen LogP contribution < -0.4 is 5.32 Å². The number of rotatable bonds is 7. The summed E-state index contributed by atoms with van der Waals surface area (Å²) in [5, 5.41) is 12.3. The third-order valence-electron chi connectivity index (χ3n) is 4.95. The molecule has 4 nitrogen and oxygen atoms in total. The number of carbonyl (C=O) groups excluding carboxylic acids is 1. The maximum absolute atomic E-state index is 12.4. The van der Waals surface area contributed by atoms with Crippen molar-refractivity contribution in [2.75, 3.05) is 6.54 Å². The number of carboxylic acid groups (broad SMARTS) is 1. The van der Waals surface area contributed by atoms with Gasteiger partial charge in [-0.25, -0.2) is 0 Å². The zero-order chi connectivity index (χ0) is 17.5. The van der Waals surface area contributed by atoms with Crippen LogP contribution in [0.2, 0.25) is 0 Å². The molecule has 2 rings (SSSR count). The van der Waals surface area contributed by atoms with E-state index < -0.39 is 17.8 Å². The minimum Gasteiger partial charge on any atom is -0.481 e. The molecule has 0 fully saturated rings. The molecule has 0 bridgehead atoms. The standard InChI is InChI=1S/C20H27NO3/c1-14-12-17(18(20(23)24)13-15(14)2)19(22)21-11-7-6-10-16-8-4-3-5-9-16/h3-5,8-9,17-18H,6-7,10-13H2,1-2H3,(H,21,22)(H,23,24). The fraction of sp³-hybridized carbons (Fsp3) is 0.500. The van der Waals surface area contributed by atoms with Crippen LogP contribution in [0.25, 0.3) is 0 Å². The van der Waals surface area contributed by atoms with Crippen LogP contribution in [0.5, 0.6) is 0 Å². The normalized spacial score (nSPS) is 20.8. The van der Waals surface area contributed by atoms with E-state index >= 15 is 0 Å². The van der Waals surface area contributed by atoms with Gasteiger partial charge in [0.15, 0.2) is 0 Å². The van der Waals surface area contributed by atoms with E-state index in [0.29, 0.717) is 19.4 Å². The predicted molar refractivity (Wildman–Crippen MR) is 94.6 cm³/mol. The average molecular weight is 329 g/mol. The van der Waals surface area contributed by atoms with Gasteiger partial charge in [0.1, 0.15) is 0 Å². The summed E-state index contributed by atoms with van der Waals surface area (Å²) in [6.07, 6.45) is 3.94. The lowest BCUT2D eigenvalue weighted by molar-refractivity contribution is -0.147. The van der Waals surface area contributed by atoms with Crippen molar-refractivity contribution >= 4 is 11.9 Å². The first kappa shape index (κ1) is 18.2. The SMILES string of the molecule is CC1=C(C)CC(C(=O)NCCCCc2ccccc2)C(C(=O)O)C1. The Morgan fingerprint density at radius 2 is 1.67 bits per heavy atom. The Morgan fingerprint density at radius 3 is 2.29 bits per heavy atom. The number of aliphatic carboxylic acids is 1. The van der Waals surface area contributed by atoms with Crippen molar-refractivity contribution < 1.29 is 14.7 Å². The second kappa shape index (κ2) is 8.67. The number of aryl methyl sites for hydroxylation is 1. The maximum Gasteiger partial charge on any atom is 0.307 e. The number of hydrogen-bond donors (Lipinski definition) is 2. The van der Waals surface area contributed by atoms with Gasteiger partial charge in [-0.1, -0.05) is 41.5 Å². The molecule has 1 amide bonds. The van der Waals surface area contributed by atoms with E-state index in [1.54, 1.807) is 0 Å². The second-order valence-corrected chi connectivity index (χ2v) is 6.75. The zero-order valence-electron chi connectivity index (χ0n) is 14.5. The highest BCUT2D eigenvalue weighted by atomic mass is 16.4. The molecule has 0 radical (unpaired) electrons. The summed E-state index contributed by atoms with van der Waals surface area (Å²) in [6.45, 7) is 4.56. The van der Waals surface area contributed by atoms with E-state index in [2.05, 4.69) is 17.4 Å². The van der Waals surface area contributed by atoms with Crippen molar-refractivity contribution in [3.05, 3.63) is 47.0 Å². The fourth-order valence-electron chi connectivity index (χ4n) is 3.27. The summed E-state index contributed by atoms with van der Waals surface area (Å²) in [5.41, 5.74) is 3.56. The monoisotopic (exact) mass is 329 g/mol. The number of amides is 1. The summed E-state index contributed by atoms with van der Waals surface area (Å²) in [5.74, 6) is -2.03. The second-order valence-electron chi connectivity index (χ2n) is 6.75. The van der Waals surface area contributed by atoms with Crippen molar-refractivity contribution in [1.29, 1.82) is 0 Å². The first-order chi connectivity index (χ1) is 11.5. The highest BCUT2D eigenvalue weighted by Crippen LogP contribution is 2.34. The number of hydrogen-bond acceptors (Lipinski definition) is 2. The van der Waals surface area contributed by atoms with Crippen LogP contribution >= 0.6 is 0 Å². The van der Waals surface area contributed by atoms with Crippen molar-refractivity contribution in [3.8, 4) is 0 Å². The van der Waals surface area contributed by atoms with Crippen molar-refractivity contribution in [1.82, 2.24) is 5.32 Å². The highest BCUT2D eigenvalue weighted by molar-refractivity contribution is 5.85. The molecule has 0 aromatic heterocycles. The van der Waals surface area contributed by atoms with Gasteiger partial charge >= 0.3 is 5.97 Å². The molecule has 24 heavy (non-hydrogen) atoms.